The number of aliphatic hydroxyl groups excluding tert-OH is 2. The Balaban J connectivity index is 1.10. The molecule has 1 amide bonds. The summed E-state index contributed by atoms with van der Waals surface area (Å²) >= 11 is 0. The Morgan fingerprint density at radius 2 is 1.85 bits per heavy atom. The number of nitrogens with zero attached hydrogens (tertiary/aromatic N) is 7. The van der Waals surface area contributed by atoms with Crippen molar-refractivity contribution in [2.45, 2.75) is 65.1 Å². The number of nitro benzene ring substituents is 1. The molecule has 2 heterocycles. The van der Waals surface area contributed by atoms with Crippen molar-refractivity contribution in [3.8, 4) is 11.8 Å². The number of carbonyl (C=O) groups excluding carboxylic acids is 1. The topological polar surface area (TPSA) is 229 Å². The van der Waals surface area contributed by atoms with Gasteiger partial charge in [0.05, 0.1) is 47.3 Å². The van der Waals surface area contributed by atoms with E-state index in [1.807, 2.05) is 24.1 Å². The number of amides is 1. The van der Waals surface area contributed by atoms with E-state index in [1.54, 1.807) is 44.2 Å². The molecule has 286 valence electrons. The molecule has 4 N–H and O–H groups in total. The number of rotatable bonds is 13. The summed E-state index contributed by atoms with van der Waals surface area (Å²) in [5, 5.41) is 51.1. The van der Waals surface area contributed by atoms with E-state index in [4.69, 9.17) is 6.11 Å². The predicted molar refractivity (Wildman–Crippen MR) is 204 cm³/mol. The third-order valence-electron chi connectivity index (χ3n) is 8.70. The van der Waals surface area contributed by atoms with Crippen molar-refractivity contribution < 1.29 is 26.0 Å². The minimum Gasteiger partial charge on any atom is -0.392 e. The number of benzene rings is 3. The Labute approximate surface area is 317 Å². The summed E-state index contributed by atoms with van der Waals surface area (Å²) in [6, 6.07) is 15.3. The summed E-state index contributed by atoms with van der Waals surface area (Å²) in [6.45, 7) is 3.59. The van der Waals surface area contributed by atoms with Crippen molar-refractivity contribution in [1.82, 2.24) is 14.9 Å². The molecule has 0 saturated carbocycles. The number of azo groups is 2. The standard InChI is InChI=1S/C38H41N9O8/c1-23-9-14-30(33(17-23)47(53)54)42-43-31-19-27(22-48)32(18-24(31)2)44-41-28-10-12-29(13-11-28)45(4)16-6-8-35(50)39-15-5-7-26-21-46(38(52)40-37(26)51)36-20-34(49)25(3)55-36/h9-14,17-19,21,25,34,36,48-49H,6,8,15-16,20,22H2,1-4H3,(H,39,50)(H,40,51,52)/b43-42+,44-41-/i3D. The van der Waals surface area contributed by atoms with Gasteiger partial charge in [-0.2, -0.15) is 15.3 Å². The fourth-order valence-corrected chi connectivity index (χ4v) is 5.56. The van der Waals surface area contributed by atoms with Gasteiger partial charge >= 0.3 is 5.69 Å². The van der Waals surface area contributed by atoms with Crippen molar-refractivity contribution in [2.24, 2.45) is 20.5 Å². The van der Waals surface area contributed by atoms with Crippen LogP contribution in [-0.2, 0) is 16.1 Å². The minimum absolute atomic E-state index is 0.00442. The third kappa shape index (κ3) is 10.4. The largest absolute Gasteiger partial charge is 0.392 e. The van der Waals surface area contributed by atoms with Crippen LogP contribution >= 0.6 is 0 Å². The number of anilines is 1. The molecule has 1 saturated heterocycles. The summed E-state index contributed by atoms with van der Waals surface area (Å²) < 4.78 is 14.1. The van der Waals surface area contributed by atoms with Gasteiger partial charge in [-0.15, -0.1) is 5.11 Å². The zero-order valence-electron chi connectivity index (χ0n) is 31.4. The van der Waals surface area contributed by atoms with Crippen LogP contribution in [0.15, 0.2) is 90.8 Å². The fraction of sp³-hybridized carbons (Fsp3) is 0.342. The Bertz CT molecular complexity index is 2320. The zero-order chi connectivity index (χ0) is 40.4. The summed E-state index contributed by atoms with van der Waals surface area (Å²) in [5.74, 6) is 5.15. The zero-order valence-corrected chi connectivity index (χ0v) is 30.4. The Morgan fingerprint density at radius 3 is 2.56 bits per heavy atom. The highest BCUT2D eigenvalue weighted by Gasteiger charge is 2.32. The Hall–Kier alpha value is -6.35. The van der Waals surface area contributed by atoms with Crippen LogP contribution in [0, 0.1) is 35.8 Å². The molecule has 1 aliphatic heterocycles. The lowest BCUT2D eigenvalue weighted by atomic mass is 10.1. The molecule has 3 atom stereocenters. The van der Waals surface area contributed by atoms with Crippen LogP contribution in [-0.4, -0.2) is 62.9 Å². The van der Waals surface area contributed by atoms with E-state index < -0.39 is 34.6 Å². The lowest BCUT2D eigenvalue weighted by Gasteiger charge is -2.19. The highest BCUT2D eigenvalue weighted by atomic mass is 16.6. The van der Waals surface area contributed by atoms with Gasteiger partial charge in [0.15, 0.2) is 5.69 Å². The molecular weight excluding hydrogens is 710 g/mol. The predicted octanol–water partition coefficient (Wildman–Crippen LogP) is 5.44. The molecule has 17 heteroatoms. The first-order valence-corrected chi connectivity index (χ1v) is 17.2. The molecule has 1 aromatic heterocycles. The van der Waals surface area contributed by atoms with Crippen molar-refractivity contribution in [2.75, 3.05) is 25.0 Å². The van der Waals surface area contributed by atoms with Crippen molar-refractivity contribution >= 4 is 40.0 Å². The van der Waals surface area contributed by atoms with Gasteiger partial charge in [0.25, 0.3) is 11.2 Å². The summed E-state index contributed by atoms with van der Waals surface area (Å²) in [7, 11) is 1.90. The van der Waals surface area contributed by atoms with Crippen LogP contribution in [0.2, 0.25) is 0 Å². The van der Waals surface area contributed by atoms with E-state index in [0.717, 1.165) is 15.8 Å². The maximum Gasteiger partial charge on any atom is 0.330 e. The van der Waals surface area contributed by atoms with Gasteiger partial charge in [0.2, 0.25) is 5.91 Å². The molecule has 17 nitrogen and oxygen atoms in total. The van der Waals surface area contributed by atoms with Gasteiger partial charge in [-0.05, 0) is 80.8 Å². The van der Waals surface area contributed by atoms with E-state index >= 15 is 0 Å². The van der Waals surface area contributed by atoms with Crippen LogP contribution in [0.25, 0.3) is 0 Å². The first kappa shape index (κ1) is 38.4. The van der Waals surface area contributed by atoms with Gasteiger partial charge < -0.3 is 25.2 Å². The molecule has 55 heavy (non-hydrogen) atoms. The highest BCUT2D eigenvalue weighted by Crippen LogP contribution is 2.34. The number of H-pyrrole nitrogens is 1. The SMILES string of the molecule is [2H]CC1OC(n2cc(C#CCNC(=O)CCCN(C)c3ccc(/N=N\c4cc(C)c(/N=N/c5ccc(C)cc5[N+](=O)[O-])cc4CO)cc3)c(=O)[nH]c2=O)CC1O. The number of carbonyl (C=O) groups is 1. The second-order valence-corrected chi connectivity index (χ2v) is 12.8. The van der Waals surface area contributed by atoms with Crippen molar-refractivity contribution in [1.29, 1.82) is 0 Å². The quantitative estimate of drug-likeness (QED) is 0.0589. The monoisotopic (exact) mass is 752 g/mol. The van der Waals surface area contributed by atoms with E-state index in [9.17, 15) is 34.7 Å². The molecule has 0 aliphatic carbocycles. The number of aromatic amines is 1. The van der Waals surface area contributed by atoms with E-state index in [0.29, 0.717) is 41.2 Å². The molecule has 0 radical (unpaired) electrons. The number of aryl methyl sites for hydroxylation is 2. The van der Waals surface area contributed by atoms with Gasteiger partial charge in [-0.1, -0.05) is 17.9 Å². The summed E-state index contributed by atoms with van der Waals surface area (Å²) in [5.41, 5.74) is 2.75. The van der Waals surface area contributed by atoms with Crippen LogP contribution in [0.1, 0.15) is 56.0 Å². The highest BCUT2D eigenvalue weighted by molar-refractivity contribution is 5.76. The van der Waals surface area contributed by atoms with Crippen molar-refractivity contribution in [3.63, 3.8) is 0 Å². The third-order valence-corrected chi connectivity index (χ3v) is 8.70. The van der Waals surface area contributed by atoms with Gasteiger partial charge in [-0.25, -0.2) is 4.79 Å². The minimum atomic E-state index is -0.900. The summed E-state index contributed by atoms with van der Waals surface area (Å²) in [6.07, 6.45) is -0.328. The first-order valence-electron chi connectivity index (χ1n) is 18.0. The van der Waals surface area contributed by atoms with Crippen LogP contribution < -0.4 is 21.5 Å². The Kier molecular flexibility index (Phi) is 12.6. The number of nitrogens with one attached hydrogen (secondary N) is 2. The smallest absolute Gasteiger partial charge is 0.330 e. The second kappa shape index (κ2) is 18.1. The van der Waals surface area contributed by atoms with Crippen LogP contribution in [0.3, 0.4) is 0 Å². The summed E-state index contributed by atoms with van der Waals surface area (Å²) in [4.78, 5) is 52.1. The fourth-order valence-electron chi connectivity index (χ4n) is 5.56. The number of hydrogen-bond donors (Lipinski definition) is 4. The van der Waals surface area contributed by atoms with E-state index in [2.05, 4.69) is 42.6 Å². The van der Waals surface area contributed by atoms with E-state index in [1.165, 1.54) is 18.3 Å². The number of nitro groups is 1. The Morgan fingerprint density at radius 1 is 1.11 bits per heavy atom. The lowest BCUT2D eigenvalue weighted by molar-refractivity contribution is -0.384. The molecule has 1 fully saturated rings. The molecule has 3 unspecified atom stereocenters. The van der Waals surface area contributed by atoms with E-state index in [-0.39, 0.29) is 55.7 Å². The second-order valence-electron chi connectivity index (χ2n) is 12.8. The molecule has 5 rings (SSSR count). The van der Waals surface area contributed by atoms with Gasteiger partial charge in [0.1, 0.15) is 11.8 Å². The lowest BCUT2D eigenvalue weighted by Crippen LogP contribution is -2.33. The molecule has 1 aliphatic rings. The number of aliphatic hydroxyl groups is 2. The molecule has 0 bridgehead atoms. The normalized spacial score (nSPS) is 16.9. The van der Waals surface area contributed by atoms with Crippen LogP contribution in [0.5, 0.6) is 0 Å². The average molecular weight is 753 g/mol. The molecule has 3 aromatic carbocycles. The molecule has 4 aromatic rings. The maximum absolute atomic E-state index is 12.4. The molecular formula is C38H41N9O8. The van der Waals surface area contributed by atoms with Gasteiger partial charge in [-0.3, -0.25) is 29.3 Å². The molecule has 0 spiro atoms. The number of aromatic nitrogens is 2. The number of hydrogen-bond acceptors (Lipinski definition) is 13. The first-order chi connectivity index (χ1) is 26.9. The number of ether oxygens (including phenoxy) is 1. The average Bonchev–Trinajstić information content (AvgIpc) is 3.56. The van der Waals surface area contributed by atoms with Gasteiger partial charge in [0, 0.05) is 51.3 Å². The van der Waals surface area contributed by atoms with Crippen LogP contribution in [0.4, 0.5) is 34.1 Å². The van der Waals surface area contributed by atoms with Crippen molar-refractivity contribution in [3.05, 3.63) is 114 Å². The maximum atomic E-state index is 12.4.